The van der Waals surface area contributed by atoms with Crippen LogP contribution >= 0.6 is 0 Å². The lowest BCUT2D eigenvalue weighted by molar-refractivity contribution is -0.122. The van der Waals surface area contributed by atoms with Gasteiger partial charge in [0.2, 0.25) is 0 Å². The Bertz CT molecular complexity index is 1040. The maximum Gasteiger partial charge on any atom is 0.266 e. The van der Waals surface area contributed by atoms with E-state index in [1.54, 1.807) is 25.1 Å². The van der Waals surface area contributed by atoms with Crippen molar-refractivity contribution in [3.63, 3.8) is 0 Å². The molecule has 1 unspecified atom stereocenters. The fourth-order valence-electron chi connectivity index (χ4n) is 3.58. The van der Waals surface area contributed by atoms with Crippen molar-refractivity contribution in [2.45, 2.75) is 19.6 Å². The summed E-state index contributed by atoms with van der Waals surface area (Å²) in [4.78, 5) is 25.6. The van der Waals surface area contributed by atoms with Gasteiger partial charge in [-0.05, 0) is 24.6 Å². The van der Waals surface area contributed by atoms with Crippen LogP contribution in [0.4, 0.5) is 16.0 Å². The van der Waals surface area contributed by atoms with E-state index < -0.39 is 17.8 Å². The predicted octanol–water partition coefficient (Wildman–Crippen LogP) is 3.34. The molecule has 1 atom stereocenters. The molecule has 1 N–H and O–H groups in total. The summed E-state index contributed by atoms with van der Waals surface area (Å²) in [6, 6.07) is 18.2. The molecule has 166 valence electrons. The number of amides is 1. The van der Waals surface area contributed by atoms with Crippen LogP contribution in [0.5, 0.6) is 5.75 Å². The Balaban J connectivity index is 1.31. The van der Waals surface area contributed by atoms with Crippen LogP contribution in [0.15, 0.2) is 67.0 Å². The van der Waals surface area contributed by atoms with E-state index in [4.69, 9.17) is 4.74 Å². The van der Waals surface area contributed by atoms with Crippen molar-refractivity contribution in [1.82, 2.24) is 14.9 Å². The molecule has 1 saturated heterocycles. The van der Waals surface area contributed by atoms with Gasteiger partial charge in [0.15, 0.2) is 17.7 Å². The first-order valence-electron chi connectivity index (χ1n) is 10.6. The number of benzene rings is 2. The third-order valence-corrected chi connectivity index (χ3v) is 5.36. The molecule has 32 heavy (non-hydrogen) atoms. The molecule has 0 radical (unpaired) electrons. The average Bonchev–Trinajstić information content (AvgIpc) is 2.82. The van der Waals surface area contributed by atoms with Crippen LogP contribution in [-0.4, -0.2) is 53.1 Å². The molecule has 1 fully saturated rings. The maximum absolute atomic E-state index is 13.8. The van der Waals surface area contributed by atoms with E-state index in [1.807, 2.05) is 6.07 Å². The van der Waals surface area contributed by atoms with Crippen LogP contribution in [0.3, 0.4) is 0 Å². The first kappa shape index (κ1) is 21.7. The maximum atomic E-state index is 13.8. The van der Waals surface area contributed by atoms with Crippen molar-refractivity contribution in [3.05, 3.63) is 78.4 Å². The standard InChI is InChI=1S/C24H26FN5O2/c1-18(32-21-10-6-5-9-20(21)25)24(31)28-22-15-23(27-17-26-22)30-13-11-29(12-14-30)16-19-7-3-2-4-8-19/h2-10,15,17-18H,11-14,16H2,1H3,(H,26,27,28,31). The molecule has 0 saturated carbocycles. The van der Waals surface area contributed by atoms with Gasteiger partial charge >= 0.3 is 0 Å². The van der Waals surface area contributed by atoms with E-state index in [9.17, 15) is 9.18 Å². The summed E-state index contributed by atoms with van der Waals surface area (Å²) in [5.74, 6) is 0.258. The van der Waals surface area contributed by atoms with Crippen molar-refractivity contribution in [1.29, 1.82) is 0 Å². The summed E-state index contributed by atoms with van der Waals surface area (Å²) in [6.07, 6.45) is 0.552. The Morgan fingerprint density at radius 1 is 1.06 bits per heavy atom. The summed E-state index contributed by atoms with van der Waals surface area (Å²) in [5.41, 5.74) is 1.31. The van der Waals surface area contributed by atoms with Gasteiger partial charge in [-0.1, -0.05) is 42.5 Å². The third kappa shape index (κ3) is 5.59. The van der Waals surface area contributed by atoms with Gasteiger partial charge in [0.1, 0.15) is 18.0 Å². The Morgan fingerprint density at radius 3 is 2.53 bits per heavy atom. The monoisotopic (exact) mass is 435 g/mol. The summed E-state index contributed by atoms with van der Waals surface area (Å²) in [7, 11) is 0. The minimum Gasteiger partial charge on any atom is -0.478 e. The SMILES string of the molecule is CC(Oc1ccccc1F)C(=O)Nc1cc(N2CCN(Cc3ccccc3)CC2)ncn1. The van der Waals surface area contributed by atoms with Crippen LogP contribution in [0.25, 0.3) is 0 Å². The fraction of sp³-hybridized carbons (Fsp3) is 0.292. The smallest absolute Gasteiger partial charge is 0.266 e. The molecule has 4 rings (SSSR count). The van der Waals surface area contributed by atoms with Gasteiger partial charge in [-0.15, -0.1) is 0 Å². The van der Waals surface area contributed by atoms with Gasteiger partial charge in [-0.25, -0.2) is 14.4 Å². The largest absolute Gasteiger partial charge is 0.478 e. The molecule has 3 aromatic rings. The predicted molar refractivity (Wildman–Crippen MR) is 121 cm³/mol. The highest BCUT2D eigenvalue weighted by atomic mass is 19.1. The number of nitrogens with one attached hydrogen (secondary N) is 1. The lowest BCUT2D eigenvalue weighted by Crippen LogP contribution is -2.46. The minimum absolute atomic E-state index is 0.0342. The quantitative estimate of drug-likeness (QED) is 0.614. The second kappa shape index (κ2) is 10.2. The number of hydrogen-bond acceptors (Lipinski definition) is 6. The van der Waals surface area contributed by atoms with Crippen molar-refractivity contribution >= 4 is 17.5 Å². The van der Waals surface area contributed by atoms with E-state index in [0.29, 0.717) is 5.82 Å². The number of hydrogen-bond donors (Lipinski definition) is 1. The van der Waals surface area contributed by atoms with Gasteiger partial charge in [0.05, 0.1) is 0 Å². The molecule has 1 amide bonds. The molecule has 2 heterocycles. The number of aromatic nitrogens is 2. The molecular weight excluding hydrogens is 409 g/mol. The van der Waals surface area contributed by atoms with E-state index in [1.165, 1.54) is 24.0 Å². The average molecular weight is 436 g/mol. The molecule has 0 aliphatic carbocycles. The summed E-state index contributed by atoms with van der Waals surface area (Å²) in [5, 5.41) is 2.73. The minimum atomic E-state index is -0.883. The van der Waals surface area contributed by atoms with E-state index in [2.05, 4.69) is 49.4 Å². The highest BCUT2D eigenvalue weighted by molar-refractivity contribution is 5.93. The molecule has 7 nitrogen and oxygen atoms in total. The molecule has 0 spiro atoms. The third-order valence-electron chi connectivity index (χ3n) is 5.36. The topological polar surface area (TPSA) is 70.6 Å². The second-order valence-electron chi connectivity index (χ2n) is 7.69. The number of ether oxygens (including phenoxy) is 1. The number of rotatable bonds is 7. The van der Waals surface area contributed by atoms with Crippen LogP contribution in [0, 0.1) is 5.82 Å². The number of carbonyl (C=O) groups excluding carboxylic acids is 1. The highest BCUT2D eigenvalue weighted by Crippen LogP contribution is 2.19. The van der Waals surface area contributed by atoms with Gasteiger partial charge in [0, 0.05) is 38.8 Å². The number of piperazine rings is 1. The fourth-order valence-corrected chi connectivity index (χ4v) is 3.58. The molecule has 1 aromatic heterocycles. The van der Waals surface area contributed by atoms with Crippen molar-refractivity contribution in [3.8, 4) is 5.75 Å². The van der Waals surface area contributed by atoms with E-state index in [0.717, 1.165) is 38.5 Å². The van der Waals surface area contributed by atoms with Crippen LogP contribution in [0.2, 0.25) is 0 Å². The zero-order chi connectivity index (χ0) is 22.3. The Morgan fingerprint density at radius 2 is 1.78 bits per heavy atom. The van der Waals surface area contributed by atoms with Crippen LogP contribution < -0.4 is 15.0 Å². The van der Waals surface area contributed by atoms with E-state index >= 15 is 0 Å². The summed E-state index contributed by atoms with van der Waals surface area (Å²) in [6.45, 7) is 6.02. The normalized spacial score (nSPS) is 15.2. The lowest BCUT2D eigenvalue weighted by Gasteiger charge is -2.35. The molecule has 0 bridgehead atoms. The number of para-hydroxylation sites is 1. The Hall–Kier alpha value is -3.52. The van der Waals surface area contributed by atoms with Crippen molar-refractivity contribution in [2.75, 3.05) is 36.4 Å². The number of nitrogens with zero attached hydrogens (tertiary/aromatic N) is 4. The number of carbonyl (C=O) groups is 1. The van der Waals surface area contributed by atoms with Crippen LogP contribution in [0.1, 0.15) is 12.5 Å². The summed E-state index contributed by atoms with van der Waals surface area (Å²) >= 11 is 0. The Labute approximate surface area is 186 Å². The second-order valence-corrected chi connectivity index (χ2v) is 7.69. The van der Waals surface area contributed by atoms with Crippen LogP contribution in [-0.2, 0) is 11.3 Å². The van der Waals surface area contributed by atoms with Gasteiger partial charge in [-0.2, -0.15) is 0 Å². The molecule has 2 aromatic carbocycles. The first-order chi connectivity index (χ1) is 15.6. The van der Waals surface area contributed by atoms with Gasteiger partial charge in [-0.3, -0.25) is 9.69 Å². The molecule has 1 aliphatic rings. The number of anilines is 2. The van der Waals surface area contributed by atoms with Gasteiger partial charge < -0.3 is 15.0 Å². The molecule has 8 heteroatoms. The molecular formula is C24H26FN5O2. The molecule has 1 aliphatic heterocycles. The number of halogens is 1. The highest BCUT2D eigenvalue weighted by Gasteiger charge is 2.20. The first-order valence-corrected chi connectivity index (χ1v) is 10.6. The zero-order valence-electron chi connectivity index (χ0n) is 17.9. The Kier molecular flexibility index (Phi) is 6.91. The summed E-state index contributed by atoms with van der Waals surface area (Å²) < 4.78 is 19.2. The van der Waals surface area contributed by atoms with Crippen molar-refractivity contribution in [2.24, 2.45) is 0 Å². The van der Waals surface area contributed by atoms with Gasteiger partial charge in [0.25, 0.3) is 5.91 Å². The van der Waals surface area contributed by atoms with Crippen molar-refractivity contribution < 1.29 is 13.9 Å². The zero-order valence-corrected chi connectivity index (χ0v) is 17.9. The lowest BCUT2D eigenvalue weighted by atomic mass is 10.2. The van der Waals surface area contributed by atoms with E-state index in [-0.39, 0.29) is 5.75 Å².